The molecule has 1 aromatic rings. The minimum atomic E-state index is 0.382. The van der Waals surface area contributed by atoms with Gasteiger partial charge in [-0.25, -0.2) is 0 Å². The number of nitrogens with zero attached hydrogens (tertiary/aromatic N) is 4. The lowest BCUT2D eigenvalue weighted by atomic mass is 10.4. The molecule has 0 unspecified atom stereocenters. The van der Waals surface area contributed by atoms with E-state index in [-0.39, 0.29) is 0 Å². The zero-order chi connectivity index (χ0) is 13.4. The minimum Gasteiger partial charge on any atom is -0.464 e. The molecular formula is C12H23N5O. The molecular weight excluding hydrogens is 230 g/mol. The van der Waals surface area contributed by atoms with Crippen molar-refractivity contribution in [3.05, 3.63) is 0 Å². The van der Waals surface area contributed by atoms with Gasteiger partial charge in [-0.1, -0.05) is 6.92 Å². The Morgan fingerprint density at radius 1 is 1.11 bits per heavy atom. The second-order valence-electron chi connectivity index (χ2n) is 3.78. The molecule has 6 nitrogen and oxygen atoms in total. The Morgan fingerprint density at radius 3 is 2.44 bits per heavy atom. The molecule has 1 heterocycles. The van der Waals surface area contributed by atoms with Gasteiger partial charge in [-0.15, -0.1) is 0 Å². The third kappa shape index (κ3) is 4.01. The predicted octanol–water partition coefficient (Wildman–Crippen LogP) is 1.94. The maximum Gasteiger partial charge on any atom is 0.323 e. The molecule has 0 saturated heterocycles. The van der Waals surface area contributed by atoms with Crippen LogP contribution >= 0.6 is 0 Å². The third-order valence-corrected chi connectivity index (χ3v) is 2.37. The van der Waals surface area contributed by atoms with Gasteiger partial charge >= 0.3 is 6.01 Å². The van der Waals surface area contributed by atoms with E-state index in [1.807, 2.05) is 13.8 Å². The molecule has 0 fully saturated rings. The molecule has 18 heavy (non-hydrogen) atoms. The summed E-state index contributed by atoms with van der Waals surface area (Å²) in [6, 6.07) is 0.382. The summed E-state index contributed by atoms with van der Waals surface area (Å²) in [5, 5.41) is 3.10. The van der Waals surface area contributed by atoms with Crippen molar-refractivity contribution in [1.29, 1.82) is 0 Å². The van der Waals surface area contributed by atoms with E-state index in [1.165, 1.54) is 0 Å². The molecule has 0 bridgehead atoms. The van der Waals surface area contributed by atoms with E-state index in [0.717, 1.165) is 26.1 Å². The smallest absolute Gasteiger partial charge is 0.323 e. The third-order valence-electron chi connectivity index (χ3n) is 2.37. The molecule has 1 N–H and O–H groups in total. The molecule has 0 amide bonds. The highest BCUT2D eigenvalue weighted by atomic mass is 16.5. The van der Waals surface area contributed by atoms with Gasteiger partial charge in [0.15, 0.2) is 0 Å². The highest BCUT2D eigenvalue weighted by Gasteiger charge is 2.11. The SMILES string of the molecule is CCCN(CC)c1nc(NCC)nc(OCC)n1. The minimum absolute atomic E-state index is 0.382. The largest absolute Gasteiger partial charge is 0.464 e. The van der Waals surface area contributed by atoms with Crippen molar-refractivity contribution < 1.29 is 4.74 Å². The van der Waals surface area contributed by atoms with E-state index >= 15 is 0 Å². The Labute approximate surface area is 109 Å². The first-order valence-electron chi connectivity index (χ1n) is 6.62. The van der Waals surface area contributed by atoms with Crippen LogP contribution < -0.4 is 15.0 Å². The lowest BCUT2D eigenvalue weighted by Gasteiger charge is -2.20. The van der Waals surface area contributed by atoms with Gasteiger partial charge in [0.2, 0.25) is 11.9 Å². The van der Waals surface area contributed by atoms with Crippen LogP contribution in [0.25, 0.3) is 0 Å². The van der Waals surface area contributed by atoms with Crippen LogP contribution in [0.3, 0.4) is 0 Å². The summed E-state index contributed by atoms with van der Waals surface area (Å²) in [5.41, 5.74) is 0. The molecule has 102 valence electrons. The lowest BCUT2D eigenvalue weighted by Crippen LogP contribution is -2.26. The van der Waals surface area contributed by atoms with Gasteiger partial charge in [-0.2, -0.15) is 15.0 Å². The topological polar surface area (TPSA) is 63.2 Å². The maximum absolute atomic E-state index is 5.38. The Hall–Kier alpha value is -1.59. The van der Waals surface area contributed by atoms with Crippen molar-refractivity contribution in [2.75, 3.05) is 36.5 Å². The van der Waals surface area contributed by atoms with Gasteiger partial charge in [-0.05, 0) is 27.2 Å². The van der Waals surface area contributed by atoms with Crippen LogP contribution in [-0.2, 0) is 0 Å². The van der Waals surface area contributed by atoms with Crippen LogP contribution in [0, 0.1) is 0 Å². The Morgan fingerprint density at radius 2 is 1.89 bits per heavy atom. The van der Waals surface area contributed by atoms with E-state index in [4.69, 9.17) is 4.74 Å². The standard InChI is InChI=1S/C12H23N5O/c1-5-9-17(7-3)11-14-10(13-6-2)15-12(16-11)18-8-4/h5-9H2,1-4H3,(H,13,14,15,16). The molecule has 0 aliphatic heterocycles. The number of hydrogen-bond donors (Lipinski definition) is 1. The van der Waals surface area contributed by atoms with Gasteiger partial charge in [0.25, 0.3) is 0 Å². The fourth-order valence-corrected chi connectivity index (χ4v) is 1.59. The summed E-state index contributed by atoms with van der Waals surface area (Å²) in [4.78, 5) is 15.1. The number of nitrogens with one attached hydrogen (secondary N) is 1. The van der Waals surface area contributed by atoms with E-state index in [1.54, 1.807) is 0 Å². The second kappa shape index (κ2) is 7.68. The van der Waals surface area contributed by atoms with E-state index in [2.05, 4.69) is 39.0 Å². The van der Waals surface area contributed by atoms with Crippen LogP contribution in [0.1, 0.15) is 34.1 Å². The summed E-state index contributed by atoms with van der Waals surface area (Å²) in [7, 11) is 0. The monoisotopic (exact) mass is 253 g/mol. The predicted molar refractivity (Wildman–Crippen MR) is 73.3 cm³/mol. The fourth-order valence-electron chi connectivity index (χ4n) is 1.59. The summed E-state index contributed by atoms with van der Waals surface area (Å²) >= 11 is 0. The molecule has 0 radical (unpaired) electrons. The van der Waals surface area contributed by atoms with Gasteiger partial charge in [0.1, 0.15) is 0 Å². The van der Waals surface area contributed by atoms with Gasteiger partial charge in [-0.3, -0.25) is 0 Å². The number of anilines is 2. The Kier molecular flexibility index (Phi) is 6.18. The van der Waals surface area contributed by atoms with Crippen LogP contribution in [0.4, 0.5) is 11.9 Å². The van der Waals surface area contributed by atoms with Crippen molar-refractivity contribution in [2.24, 2.45) is 0 Å². The summed E-state index contributed by atoms with van der Waals surface area (Å²) in [5.74, 6) is 1.24. The summed E-state index contributed by atoms with van der Waals surface area (Å²) in [6.45, 7) is 11.3. The van der Waals surface area contributed by atoms with Crippen molar-refractivity contribution in [2.45, 2.75) is 34.1 Å². The number of aromatic nitrogens is 3. The Balaban J connectivity index is 2.99. The molecule has 0 aliphatic carbocycles. The van der Waals surface area contributed by atoms with Crippen molar-refractivity contribution in [3.8, 4) is 6.01 Å². The summed E-state index contributed by atoms with van der Waals surface area (Å²) in [6.07, 6.45) is 1.06. The number of hydrogen-bond acceptors (Lipinski definition) is 6. The van der Waals surface area contributed by atoms with Crippen LogP contribution in [0.2, 0.25) is 0 Å². The summed E-state index contributed by atoms with van der Waals surface area (Å²) < 4.78 is 5.38. The van der Waals surface area contributed by atoms with Gasteiger partial charge in [0.05, 0.1) is 6.61 Å². The molecule has 0 atom stereocenters. The quantitative estimate of drug-likeness (QED) is 0.764. The zero-order valence-corrected chi connectivity index (χ0v) is 11.7. The molecule has 1 rings (SSSR count). The normalized spacial score (nSPS) is 10.2. The molecule has 0 aliphatic rings. The average molecular weight is 253 g/mol. The molecule has 1 aromatic heterocycles. The van der Waals surface area contributed by atoms with Gasteiger partial charge < -0.3 is 15.0 Å². The average Bonchev–Trinajstić information content (AvgIpc) is 2.36. The fraction of sp³-hybridized carbons (Fsp3) is 0.750. The maximum atomic E-state index is 5.38. The molecule has 6 heteroatoms. The van der Waals surface area contributed by atoms with Crippen molar-refractivity contribution in [1.82, 2.24) is 15.0 Å². The number of ether oxygens (including phenoxy) is 1. The molecule has 0 spiro atoms. The Bertz CT molecular complexity index is 334. The van der Waals surface area contributed by atoms with Crippen molar-refractivity contribution >= 4 is 11.9 Å². The highest BCUT2D eigenvalue weighted by molar-refractivity contribution is 5.38. The van der Waals surface area contributed by atoms with Gasteiger partial charge in [0, 0.05) is 19.6 Å². The van der Waals surface area contributed by atoms with E-state index in [9.17, 15) is 0 Å². The van der Waals surface area contributed by atoms with Crippen molar-refractivity contribution in [3.63, 3.8) is 0 Å². The van der Waals surface area contributed by atoms with E-state index in [0.29, 0.717) is 24.5 Å². The first-order valence-corrected chi connectivity index (χ1v) is 6.62. The van der Waals surface area contributed by atoms with E-state index < -0.39 is 0 Å². The highest BCUT2D eigenvalue weighted by Crippen LogP contribution is 2.15. The first-order chi connectivity index (χ1) is 8.74. The zero-order valence-electron chi connectivity index (χ0n) is 11.7. The molecule has 0 saturated carbocycles. The number of rotatable bonds is 8. The lowest BCUT2D eigenvalue weighted by molar-refractivity contribution is 0.312. The van der Waals surface area contributed by atoms with Crippen LogP contribution in [0.5, 0.6) is 6.01 Å². The van der Waals surface area contributed by atoms with Crippen LogP contribution in [0.15, 0.2) is 0 Å². The van der Waals surface area contributed by atoms with Crippen LogP contribution in [-0.4, -0.2) is 41.2 Å². The second-order valence-corrected chi connectivity index (χ2v) is 3.78. The first kappa shape index (κ1) is 14.5. The molecule has 0 aromatic carbocycles.